The minimum Gasteiger partial charge on any atom is -1.00 e. The molecule has 0 aliphatic heterocycles. The van der Waals surface area contributed by atoms with Crippen LogP contribution in [-0.2, 0) is 19.1 Å². The van der Waals surface area contributed by atoms with E-state index < -0.39 is 12.3 Å². The van der Waals surface area contributed by atoms with Crippen LogP contribution in [0, 0.1) is 0 Å². The number of allylic oxidation sites excluding steroid dienone is 4. The summed E-state index contributed by atoms with van der Waals surface area (Å²) in [4.78, 5) is 25.2. The normalized spacial score (nSPS) is 13.1. The Bertz CT molecular complexity index is 776. The third-order valence-electron chi connectivity index (χ3n) is 9.02. The molecule has 0 aliphatic carbocycles. The van der Waals surface area contributed by atoms with Gasteiger partial charge in [0.15, 0.2) is 6.10 Å². The summed E-state index contributed by atoms with van der Waals surface area (Å²) in [6.45, 7) is 6.38. The maximum atomic E-state index is 12.7. The summed E-state index contributed by atoms with van der Waals surface area (Å²) < 4.78 is 12.0. The molecule has 0 aromatic heterocycles. The van der Waals surface area contributed by atoms with Crippen LogP contribution in [0.5, 0.6) is 0 Å². The third-order valence-corrected chi connectivity index (χ3v) is 9.02. The van der Waals surface area contributed by atoms with Crippen LogP contribution in [0.4, 0.5) is 0 Å². The minimum atomic E-state index is -0.510. The van der Waals surface area contributed by atoms with Gasteiger partial charge in [-0.25, -0.2) is 0 Å². The van der Waals surface area contributed by atoms with E-state index in [1.165, 1.54) is 116 Å². The van der Waals surface area contributed by atoms with Crippen LogP contribution in [0.25, 0.3) is 0 Å². The Labute approximate surface area is 309 Å². The van der Waals surface area contributed by atoms with E-state index >= 15 is 0 Å². The molecule has 2 unspecified atom stereocenters. The number of esters is 2. The summed E-state index contributed by atoms with van der Waals surface area (Å²) in [6, 6.07) is 0. The van der Waals surface area contributed by atoms with Crippen molar-refractivity contribution in [3.8, 4) is 0 Å². The predicted molar refractivity (Wildman–Crippen MR) is 202 cm³/mol. The standard InChI is InChI=1S/C42H80NO4.BrH/c1-7-9-11-13-15-17-19-21-23-25-27-29-31-33-35-37-40(44)46-39(3)42(43(4,5)6)47-41(45)38-36-34-32-30-28-26-24-22-20-18-16-14-12-10-8-2;/h21-24,39,42H,7-20,25-38H2,1-6H3;1H/q+1;/p-1. The zero-order chi connectivity index (χ0) is 34.9. The fourth-order valence-electron chi connectivity index (χ4n) is 6.08. The first-order valence-electron chi connectivity index (χ1n) is 20.2. The van der Waals surface area contributed by atoms with Crippen LogP contribution in [0.15, 0.2) is 24.3 Å². The highest BCUT2D eigenvalue weighted by atomic mass is 79.9. The van der Waals surface area contributed by atoms with Crippen molar-refractivity contribution in [1.82, 2.24) is 0 Å². The maximum absolute atomic E-state index is 12.7. The molecule has 0 saturated heterocycles. The number of hydrogen-bond acceptors (Lipinski definition) is 4. The average Bonchev–Trinajstić information content (AvgIpc) is 3.03. The lowest BCUT2D eigenvalue weighted by atomic mass is 10.1. The van der Waals surface area contributed by atoms with Crippen molar-refractivity contribution < 1.29 is 40.5 Å². The van der Waals surface area contributed by atoms with E-state index in [1.807, 2.05) is 28.1 Å². The van der Waals surface area contributed by atoms with Gasteiger partial charge >= 0.3 is 11.9 Å². The zero-order valence-corrected chi connectivity index (χ0v) is 34.3. The number of unbranched alkanes of at least 4 members (excludes halogenated alkanes) is 22. The van der Waals surface area contributed by atoms with Gasteiger partial charge in [-0.3, -0.25) is 14.1 Å². The summed E-state index contributed by atoms with van der Waals surface area (Å²) in [5, 5.41) is 0. The van der Waals surface area contributed by atoms with Crippen molar-refractivity contribution in [3.63, 3.8) is 0 Å². The number of carbonyl (C=O) groups is 2. The molecule has 0 aliphatic rings. The topological polar surface area (TPSA) is 52.6 Å². The molecular weight excluding hydrogens is 662 g/mol. The van der Waals surface area contributed by atoms with E-state index in [0.717, 1.165) is 51.4 Å². The molecule has 0 amide bonds. The Hall–Kier alpha value is -1.14. The first kappa shape index (κ1) is 49.0. The summed E-state index contributed by atoms with van der Waals surface area (Å²) in [5.74, 6) is -0.386. The number of hydrogen-bond donors (Lipinski definition) is 0. The van der Waals surface area contributed by atoms with Gasteiger partial charge in [0.05, 0.1) is 21.1 Å². The second-order valence-corrected chi connectivity index (χ2v) is 14.9. The lowest BCUT2D eigenvalue weighted by Crippen LogP contribution is -3.00. The van der Waals surface area contributed by atoms with E-state index in [1.54, 1.807) is 0 Å². The number of nitrogens with zero attached hydrogens (tertiary/aromatic N) is 1. The van der Waals surface area contributed by atoms with Crippen LogP contribution in [0.2, 0.25) is 0 Å². The predicted octanol–water partition coefficient (Wildman–Crippen LogP) is 9.57. The molecule has 2 atom stereocenters. The summed E-state index contributed by atoms with van der Waals surface area (Å²) >= 11 is 0. The molecule has 0 aromatic carbocycles. The van der Waals surface area contributed by atoms with Crippen LogP contribution < -0.4 is 17.0 Å². The molecule has 0 saturated carbocycles. The van der Waals surface area contributed by atoms with Gasteiger partial charge in [-0.1, -0.05) is 141 Å². The number of halogens is 1. The molecule has 0 N–H and O–H groups in total. The third kappa shape index (κ3) is 33.4. The highest BCUT2D eigenvalue weighted by Crippen LogP contribution is 2.18. The fourth-order valence-corrected chi connectivity index (χ4v) is 6.08. The highest BCUT2D eigenvalue weighted by Gasteiger charge is 2.36. The van der Waals surface area contributed by atoms with Crippen molar-refractivity contribution in [2.24, 2.45) is 0 Å². The Balaban J connectivity index is 0. The van der Waals surface area contributed by atoms with Gasteiger partial charge in [0.2, 0.25) is 0 Å². The lowest BCUT2D eigenvalue weighted by Gasteiger charge is -2.36. The molecular formula is C42H80BrNO4. The summed E-state index contributed by atoms with van der Waals surface area (Å²) in [6.07, 6.45) is 41.3. The first-order valence-corrected chi connectivity index (χ1v) is 20.2. The van der Waals surface area contributed by atoms with E-state index in [2.05, 4.69) is 38.2 Å². The molecule has 0 aromatic rings. The van der Waals surface area contributed by atoms with Crippen molar-refractivity contribution in [1.29, 1.82) is 0 Å². The molecule has 0 rings (SSSR count). The summed E-state index contributed by atoms with van der Waals surface area (Å²) in [7, 11) is 5.94. The number of likely N-dealkylation sites (N-methyl/N-ethyl adjacent to an activating group) is 1. The molecule has 0 heterocycles. The smallest absolute Gasteiger partial charge is 0.310 e. The van der Waals surface area contributed by atoms with Crippen molar-refractivity contribution >= 4 is 11.9 Å². The molecule has 5 nitrogen and oxygen atoms in total. The van der Waals surface area contributed by atoms with Gasteiger partial charge in [-0.05, 0) is 71.1 Å². The zero-order valence-electron chi connectivity index (χ0n) is 32.7. The summed E-state index contributed by atoms with van der Waals surface area (Å²) in [5.41, 5.74) is 0. The monoisotopic (exact) mass is 742 g/mol. The molecule has 48 heavy (non-hydrogen) atoms. The molecule has 0 fully saturated rings. The maximum Gasteiger partial charge on any atom is 0.310 e. The van der Waals surface area contributed by atoms with Gasteiger partial charge in [0, 0.05) is 12.8 Å². The molecule has 284 valence electrons. The Morgan fingerprint density at radius 1 is 0.479 bits per heavy atom. The second-order valence-electron chi connectivity index (χ2n) is 14.9. The number of rotatable bonds is 34. The fraction of sp³-hybridized carbons (Fsp3) is 0.857. The number of carbonyl (C=O) groups excluding carboxylic acids is 2. The van der Waals surface area contributed by atoms with Crippen molar-refractivity contribution in [2.45, 2.75) is 213 Å². The van der Waals surface area contributed by atoms with E-state index in [-0.39, 0.29) is 28.9 Å². The van der Waals surface area contributed by atoms with E-state index in [9.17, 15) is 9.59 Å². The van der Waals surface area contributed by atoms with E-state index in [4.69, 9.17) is 9.47 Å². The molecule has 6 heteroatoms. The highest BCUT2D eigenvalue weighted by molar-refractivity contribution is 5.70. The first-order chi connectivity index (χ1) is 22.7. The Morgan fingerprint density at radius 3 is 1.10 bits per heavy atom. The molecule has 0 spiro atoms. The minimum absolute atomic E-state index is 0. The number of ether oxygens (including phenoxy) is 2. The van der Waals surface area contributed by atoms with Crippen molar-refractivity contribution in [2.75, 3.05) is 21.1 Å². The molecule has 0 radical (unpaired) electrons. The van der Waals surface area contributed by atoms with Gasteiger partial charge in [0.1, 0.15) is 0 Å². The Kier molecular flexibility index (Phi) is 36.4. The van der Waals surface area contributed by atoms with Crippen LogP contribution >= 0.6 is 0 Å². The van der Waals surface area contributed by atoms with Gasteiger partial charge in [-0.2, -0.15) is 0 Å². The Morgan fingerprint density at radius 2 is 0.771 bits per heavy atom. The van der Waals surface area contributed by atoms with Gasteiger partial charge in [0.25, 0.3) is 6.23 Å². The molecule has 0 bridgehead atoms. The van der Waals surface area contributed by atoms with Crippen LogP contribution in [0.1, 0.15) is 201 Å². The lowest BCUT2D eigenvalue weighted by molar-refractivity contribution is -0.920. The average molecular weight is 743 g/mol. The van der Waals surface area contributed by atoms with Gasteiger partial charge < -0.3 is 26.5 Å². The van der Waals surface area contributed by atoms with Crippen LogP contribution in [0.3, 0.4) is 0 Å². The second kappa shape index (κ2) is 35.7. The SMILES string of the molecule is CCCCCCCCC=CCCCCCCCC(=O)OC(C)C(OC(=O)CCCCCCCC=CCCCCCCCC)[N+](C)(C)C.[Br-]. The van der Waals surface area contributed by atoms with Crippen LogP contribution in [-0.4, -0.2) is 49.9 Å². The van der Waals surface area contributed by atoms with Crippen molar-refractivity contribution in [3.05, 3.63) is 24.3 Å². The largest absolute Gasteiger partial charge is 1.00 e. The quantitative estimate of drug-likeness (QED) is 0.0217. The number of quaternary nitrogens is 1. The van der Waals surface area contributed by atoms with E-state index in [0.29, 0.717) is 17.3 Å². The van der Waals surface area contributed by atoms with Gasteiger partial charge in [-0.15, -0.1) is 0 Å².